The Labute approximate surface area is 261 Å². The number of aromatic nitrogens is 2. The molecule has 0 saturated heterocycles. The zero-order chi connectivity index (χ0) is 28.7. The number of rotatable bonds is 8. The van der Waals surface area contributed by atoms with Gasteiger partial charge in [-0.05, 0) is 35.4 Å². The summed E-state index contributed by atoms with van der Waals surface area (Å²) >= 11 is 28.1. The van der Waals surface area contributed by atoms with Crippen LogP contribution in [0.5, 0.6) is 0 Å². The largest absolute Gasteiger partial charge is 0.214 e. The first-order valence-corrected chi connectivity index (χ1v) is 15.7. The molecule has 0 fully saturated rings. The summed E-state index contributed by atoms with van der Waals surface area (Å²) in [5.41, 5.74) is 5.86. The number of pyridine rings is 2. The molecule has 2 radical (unpaired) electrons. The fourth-order valence-electron chi connectivity index (χ4n) is 5.94. The average molecular weight is 620 g/mol. The number of nitrogens with zero attached hydrogens (tertiary/aromatic N) is 2. The van der Waals surface area contributed by atoms with Crippen LogP contribution in [0.3, 0.4) is 0 Å². The van der Waals surface area contributed by atoms with Gasteiger partial charge in [0, 0.05) is 37.1 Å². The summed E-state index contributed by atoms with van der Waals surface area (Å²) in [5.74, 6) is 0. The van der Waals surface area contributed by atoms with Gasteiger partial charge in [-0.2, -0.15) is 9.13 Å². The van der Waals surface area contributed by atoms with Gasteiger partial charge in [-0.3, -0.25) is 0 Å². The van der Waals surface area contributed by atoms with Crippen molar-refractivity contribution in [3.63, 3.8) is 0 Å². The van der Waals surface area contributed by atoms with Crippen molar-refractivity contribution in [2.75, 3.05) is 0 Å². The highest BCUT2D eigenvalue weighted by atomic mass is 35.5. The number of benzene rings is 4. The summed E-state index contributed by atoms with van der Waals surface area (Å²) in [6.45, 7) is 6.12. The normalized spacial score (nSPS) is 11.9. The molecule has 6 aromatic rings. The maximum absolute atomic E-state index is 7.02. The molecule has 0 bridgehead atoms. The Balaban J connectivity index is 1.77. The van der Waals surface area contributed by atoms with Gasteiger partial charge in [0.25, 0.3) is 0 Å². The Hall–Kier alpha value is -2.62. The molecule has 0 saturated carbocycles. The average Bonchev–Trinajstić information content (AvgIpc) is 2.96. The van der Waals surface area contributed by atoms with E-state index < -0.39 is 0 Å². The molecule has 0 aliphatic heterocycles. The molecule has 2 nitrogen and oxygen atoms in total. The standard InChI is InChI=1S/C35H30Cl4N2/c1-3-5-19-40-28-15-7-11-24(36)32(28)22(33-25(37)12-8-16-29(33)40)21-23-34-26(38)13-9-17-30(34)41(20-6-4-2)31-18-10-14-27(39)35(23)31/h7-18H,3-6,19-20H2,1-2H3/q+2. The van der Waals surface area contributed by atoms with Crippen molar-refractivity contribution in [2.45, 2.75) is 52.6 Å². The van der Waals surface area contributed by atoms with E-state index in [1.165, 1.54) is 0 Å². The number of halogens is 4. The van der Waals surface area contributed by atoms with E-state index >= 15 is 0 Å². The fraction of sp³-hybridized carbons (Fsp3) is 0.229. The van der Waals surface area contributed by atoms with Gasteiger partial charge in [-0.25, -0.2) is 0 Å². The third kappa shape index (κ3) is 4.93. The van der Waals surface area contributed by atoms with Crippen molar-refractivity contribution >= 4 is 90.0 Å². The lowest BCUT2D eigenvalue weighted by molar-refractivity contribution is -0.646. The molecule has 0 N–H and O–H groups in total. The second-order valence-electron chi connectivity index (χ2n) is 10.4. The summed E-state index contributed by atoms with van der Waals surface area (Å²) in [6, 6.07) is 24.3. The zero-order valence-corrected chi connectivity index (χ0v) is 26.1. The van der Waals surface area contributed by atoms with Crippen molar-refractivity contribution in [3.05, 3.63) is 110 Å². The summed E-state index contributed by atoms with van der Waals surface area (Å²) < 4.78 is 4.66. The smallest absolute Gasteiger partial charge is 0.191 e. The lowest BCUT2D eigenvalue weighted by Gasteiger charge is -2.17. The van der Waals surface area contributed by atoms with Crippen LogP contribution >= 0.6 is 46.4 Å². The van der Waals surface area contributed by atoms with Crippen LogP contribution in [0.4, 0.5) is 0 Å². The maximum atomic E-state index is 7.02. The lowest BCUT2D eigenvalue weighted by atomic mass is 9.91. The highest BCUT2D eigenvalue weighted by molar-refractivity contribution is 6.40. The third-order valence-corrected chi connectivity index (χ3v) is 9.11. The van der Waals surface area contributed by atoms with Crippen LogP contribution in [0.2, 0.25) is 20.1 Å². The minimum Gasteiger partial charge on any atom is -0.191 e. The van der Waals surface area contributed by atoms with Crippen molar-refractivity contribution in [2.24, 2.45) is 0 Å². The molecule has 0 aliphatic rings. The van der Waals surface area contributed by atoms with Gasteiger partial charge in [0.15, 0.2) is 0 Å². The van der Waals surface area contributed by atoms with Gasteiger partial charge >= 0.3 is 0 Å². The molecule has 6 heteroatoms. The van der Waals surface area contributed by atoms with Gasteiger partial charge in [-0.15, -0.1) is 0 Å². The zero-order valence-electron chi connectivity index (χ0n) is 23.1. The maximum Gasteiger partial charge on any atom is 0.214 e. The first-order valence-electron chi connectivity index (χ1n) is 14.2. The van der Waals surface area contributed by atoms with Crippen LogP contribution in [-0.4, -0.2) is 0 Å². The van der Waals surface area contributed by atoms with Crippen LogP contribution in [0.1, 0.15) is 50.7 Å². The third-order valence-electron chi connectivity index (χ3n) is 7.85. The number of aryl methyl sites for hydroxylation is 2. The molecule has 0 unspecified atom stereocenters. The van der Waals surface area contributed by atoms with Crippen molar-refractivity contribution in [1.29, 1.82) is 0 Å². The molecule has 41 heavy (non-hydrogen) atoms. The van der Waals surface area contributed by atoms with E-state index in [1.807, 2.05) is 48.5 Å². The topological polar surface area (TPSA) is 7.76 Å². The van der Waals surface area contributed by atoms with Crippen LogP contribution in [-0.2, 0) is 13.1 Å². The van der Waals surface area contributed by atoms with Crippen LogP contribution < -0.4 is 9.13 Å². The van der Waals surface area contributed by atoms with Crippen molar-refractivity contribution in [1.82, 2.24) is 0 Å². The first kappa shape index (κ1) is 28.5. The fourth-order valence-corrected chi connectivity index (χ4v) is 7.00. The summed E-state index contributed by atoms with van der Waals surface area (Å²) in [4.78, 5) is 0. The van der Waals surface area contributed by atoms with Gasteiger partial charge in [0.2, 0.25) is 22.1 Å². The Morgan fingerprint density at radius 1 is 0.488 bits per heavy atom. The van der Waals surface area contributed by atoms with E-state index in [2.05, 4.69) is 53.7 Å². The van der Waals surface area contributed by atoms with Crippen molar-refractivity contribution in [3.8, 4) is 0 Å². The van der Waals surface area contributed by atoms with Crippen LogP contribution in [0.15, 0.2) is 72.8 Å². The monoisotopic (exact) mass is 618 g/mol. The highest BCUT2D eigenvalue weighted by Crippen LogP contribution is 2.41. The Morgan fingerprint density at radius 3 is 1.05 bits per heavy atom. The van der Waals surface area contributed by atoms with Crippen molar-refractivity contribution < 1.29 is 9.13 Å². The molecule has 0 spiro atoms. The summed E-state index contributed by atoms with van der Waals surface area (Å²) in [5, 5.41) is 6.24. The minimum atomic E-state index is 0.650. The van der Waals surface area contributed by atoms with E-state index in [9.17, 15) is 0 Å². The second-order valence-corrected chi connectivity index (χ2v) is 12.1. The summed E-state index contributed by atoms with van der Waals surface area (Å²) in [6.07, 6.45) is 8.08. The molecule has 6 rings (SSSR count). The molecule has 206 valence electrons. The number of fused-ring (bicyclic) bond motifs is 4. The second kappa shape index (κ2) is 11.9. The molecule has 2 aromatic heterocycles. The van der Waals surface area contributed by atoms with E-state index in [-0.39, 0.29) is 0 Å². The first-order chi connectivity index (χ1) is 20.0. The molecule has 0 atom stereocenters. The number of hydrogen-bond acceptors (Lipinski definition) is 0. The van der Waals surface area contributed by atoms with Gasteiger partial charge in [-0.1, -0.05) is 97.4 Å². The number of unbranched alkanes of at least 4 members (excludes halogenated alkanes) is 2. The number of hydrogen-bond donors (Lipinski definition) is 0. The SMILES string of the molecule is CCCC[n+]1c2cccc(Cl)c2c([C]c2c3c(Cl)cccc3[n+](CCCC)c3cccc(Cl)c23)c2c(Cl)cccc21. The Bertz CT molecular complexity index is 1680. The Kier molecular flexibility index (Phi) is 8.30. The molecule has 0 amide bonds. The van der Waals surface area contributed by atoms with Gasteiger partial charge < -0.3 is 0 Å². The quantitative estimate of drug-likeness (QED) is 0.118. The molecule has 2 heterocycles. The predicted molar refractivity (Wildman–Crippen MR) is 175 cm³/mol. The highest BCUT2D eigenvalue weighted by Gasteiger charge is 2.29. The van der Waals surface area contributed by atoms with Gasteiger partial charge in [0.05, 0.1) is 48.1 Å². The van der Waals surface area contributed by atoms with E-state index in [4.69, 9.17) is 46.4 Å². The van der Waals surface area contributed by atoms with Crippen LogP contribution in [0.25, 0.3) is 43.6 Å². The van der Waals surface area contributed by atoms with E-state index in [1.54, 1.807) is 0 Å². The Morgan fingerprint density at radius 2 is 0.780 bits per heavy atom. The predicted octanol–water partition coefficient (Wildman–Crippen LogP) is 10.6. The minimum absolute atomic E-state index is 0.650. The summed E-state index contributed by atoms with van der Waals surface area (Å²) in [7, 11) is 0. The van der Waals surface area contributed by atoms with E-state index in [0.717, 1.165) is 93.5 Å². The molecular formula is C35H30Cl4N2+2. The van der Waals surface area contributed by atoms with E-state index in [0.29, 0.717) is 20.1 Å². The molecule has 0 aliphatic carbocycles. The van der Waals surface area contributed by atoms with Gasteiger partial charge in [0.1, 0.15) is 13.1 Å². The molecular weight excluding hydrogens is 590 g/mol. The van der Waals surface area contributed by atoms with Crippen LogP contribution in [0, 0.1) is 6.42 Å². The molecule has 4 aromatic carbocycles. The lowest BCUT2D eigenvalue weighted by Crippen LogP contribution is -2.36.